The molecule has 0 spiro atoms. The second-order valence-corrected chi connectivity index (χ2v) is 7.30. The molecule has 1 aromatic heterocycles. The van der Waals surface area contributed by atoms with Crippen molar-refractivity contribution < 1.29 is 14.3 Å². The summed E-state index contributed by atoms with van der Waals surface area (Å²) < 4.78 is 5.66. The van der Waals surface area contributed by atoms with Crippen LogP contribution in [0.3, 0.4) is 0 Å². The summed E-state index contributed by atoms with van der Waals surface area (Å²) in [5.41, 5.74) is 1.64. The van der Waals surface area contributed by atoms with Gasteiger partial charge in [-0.15, -0.1) is 0 Å². The third-order valence-electron chi connectivity index (χ3n) is 4.62. The van der Waals surface area contributed by atoms with Gasteiger partial charge in [-0.25, -0.2) is 0 Å². The number of hydrogen-bond donors (Lipinski definition) is 1. The number of carbonyl (C=O) groups is 2. The number of nitrogens with zero attached hydrogens (tertiary/aromatic N) is 2. The van der Waals surface area contributed by atoms with E-state index in [1.54, 1.807) is 12.1 Å². The van der Waals surface area contributed by atoms with E-state index >= 15 is 0 Å². The summed E-state index contributed by atoms with van der Waals surface area (Å²) in [5.74, 6) is 1.35. The first-order valence-corrected chi connectivity index (χ1v) is 9.44. The van der Waals surface area contributed by atoms with Crippen molar-refractivity contribution in [2.75, 3.05) is 32.8 Å². The first-order chi connectivity index (χ1) is 13.0. The highest BCUT2D eigenvalue weighted by molar-refractivity contribution is 5.94. The normalized spacial score (nSPS) is 14.5. The van der Waals surface area contributed by atoms with Crippen molar-refractivity contribution in [2.45, 2.75) is 20.3 Å². The SMILES string of the molecule is CC(C)COc1ccc(C(=O)N2CCN(C(=O)Cc3cc[nH]c3)CC2)cc1. The number of H-pyrrole nitrogens is 1. The van der Waals surface area contributed by atoms with Gasteiger partial charge in [0.25, 0.3) is 5.91 Å². The van der Waals surface area contributed by atoms with Crippen LogP contribution in [0.5, 0.6) is 5.75 Å². The highest BCUT2D eigenvalue weighted by Gasteiger charge is 2.24. The molecule has 1 N–H and O–H groups in total. The van der Waals surface area contributed by atoms with E-state index in [4.69, 9.17) is 4.74 Å². The zero-order valence-electron chi connectivity index (χ0n) is 16.0. The monoisotopic (exact) mass is 369 g/mol. The molecule has 0 saturated carbocycles. The number of aromatic nitrogens is 1. The predicted octanol–water partition coefficient (Wildman–Crippen LogP) is 2.58. The summed E-state index contributed by atoms with van der Waals surface area (Å²) in [6.07, 6.45) is 4.06. The third-order valence-corrected chi connectivity index (χ3v) is 4.62. The molecule has 0 atom stereocenters. The van der Waals surface area contributed by atoms with E-state index in [0.717, 1.165) is 11.3 Å². The molecule has 0 radical (unpaired) electrons. The van der Waals surface area contributed by atoms with Crippen LogP contribution in [0, 0.1) is 5.92 Å². The molecule has 27 heavy (non-hydrogen) atoms. The number of rotatable bonds is 6. The molecule has 0 bridgehead atoms. The van der Waals surface area contributed by atoms with Crippen LogP contribution < -0.4 is 4.74 Å². The van der Waals surface area contributed by atoms with Gasteiger partial charge in [0.2, 0.25) is 5.91 Å². The summed E-state index contributed by atoms with van der Waals surface area (Å²) in [4.78, 5) is 31.6. The van der Waals surface area contributed by atoms with Crippen molar-refractivity contribution in [1.82, 2.24) is 14.8 Å². The Hall–Kier alpha value is -2.76. The Morgan fingerprint density at radius 3 is 2.30 bits per heavy atom. The maximum atomic E-state index is 12.7. The lowest BCUT2D eigenvalue weighted by molar-refractivity contribution is -0.131. The van der Waals surface area contributed by atoms with Crippen LogP contribution >= 0.6 is 0 Å². The van der Waals surface area contributed by atoms with Crippen LogP contribution in [0.25, 0.3) is 0 Å². The quantitative estimate of drug-likeness (QED) is 0.851. The van der Waals surface area contributed by atoms with Gasteiger partial charge >= 0.3 is 0 Å². The molecule has 1 fully saturated rings. The van der Waals surface area contributed by atoms with Gasteiger partial charge in [-0.2, -0.15) is 0 Å². The zero-order chi connectivity index (χ0) is 19.2. The van der Waals surface area contributed by atoms with Crippen molar-refractivity contribution in [3.05, 3.63) is 53.9 Å². The van der Waals surface area contributed by atoms with Gasteiger partial charge in [0.05, 0.1) is 13.0 Å². The number of aromatic amines is 1. The fourth-order valence-electron chi connectivity index (χ4n) is 3.05. The molecular formula is C21H27N3O3. The van der Waals surface area contributed by atoms with Crippen molar-refractivity contribution in [2.24, 2.45) is 5.92 Å². The summed E-state index contributed by atoms with van der Waals surface area (Å²) >= 11 is 0. The molecule has 2 amide bonds. The van der Waals surface area contributed by atoms with Gasteiger partial charge in [-0.1, -0.05) is 13.8 Å². The van der Waals surface area contributed by atoms with E-state index in [9.17, 15) is 9.59 Å². The Kier molecular flexibility index (Phi) is 6.16. The van der Waals surface area contributed by atoms with Crippen molar-refractivity contribution in [1.29, 1.82) is 0 Å². The second kappa shape index (κ2) is 8.75. The number of nitrogens with one attached hydrogen (secondary N) is 1. The number of benzene rings is 1. The number of amides is 2. The van der Waals surface area contributed by atoms with Gasteiger partial charge in [0.15, 0.2) is 0 Å². The Bertz CT molecular complexity index is 745. The van der Waals surface area contributed by atoms with E-state index in [1.165, 1.54) is 0 Å². The Labute approximate surface area is 160 Å². The lowest BCUT2D eigenvalue weighted by Gasteiger charge is -2.35. The molecule has 3 rings (SSSR count). The first-order valence-electron chi connectivity index (χ1n) is 9.44. The number of carbonyl (C=O) groups excluding carboxylic acids is 2. The Morgan fingerprint density at radius 1 is 1.04 bits per heavy atom. The standard InChI is InChI=1S/C21H27N3O3/c1-16(2)15-27-19-5-3-18(4-6-19)21(26)24-11-9-23(10-12-24)20(25)13-17-7-8-22-14-17/h3-8,14,16,22H,9-13,15H2,1-2H3. The maximum Gasteiger partial charge on any atom is 0.253 e. The fourth-order valence-corrected chi connectivity index (χ4v) is 3.05. The van der Waals surface area contributed by atoms with Crippen molar-refractivity contribution >= 4 is 11.8 Å². The fraction of sp³-hybridized carbons (Fsp3) is 0.429. The summed E-state index contributed by atoms with van der Waals surface area (Å²) in [7, 11) is 0. The summed E-state index contributed by atoms with van der Waals surface area (Å²) in [6, 6.07) is 9.20. The second-order valence-electron chi connectivity index (χ2n) is 7.30. The van der Waals surface area contributed by atoms with Gasteiger partial charge in [0.1, 0.15) is 5.75 Å². The maximum absolute atomic E-state index is 12.7. The molecule has 0 unspecified atom stereocenters. The largest absolute Gasteiger partial charge is 0.493 e. The first kappa shape index (κ1) is 19.0. The van der Waals surface area contributed by atoms with Crippen LogP contribution in [0.1, 0.15) is 29.8 Å². The molecular weight excluding hydrogens is 342 g/mol. The number of hydrogen-bond acceptors (Lipinski definition) is 3. The molecule has 6 heteroatoms. The van der Waals surface area contributed by atoms with Crippen LogP contribution in [0.2, 0.25) is 0 Å². The minimum atomic E-state index is 0.00291. The average Bonchev–Trinajstić information content (AvgIpc) is 3.19. The Balaban J connectivity index is 1.50. The molecule has 1 aromatic carbocycles. The minimum absolute atomic E-state index is 0.00291. The van der Waals surface area contributed by atoms with E-state index < -0.39 is 0 Å². The smallest absolute Gasteiger partial charge is 0.253 e. The molecule has 6 nitrogen and oxygen atoms in total. The molecule has 1 saturated heterocycles. The van der Waals surface area contributed by atoms with E-state index in [2.05, 4.69) is 18.8 Å². The lowest BCUT2D eigenvalue weighted by Crippen LogP contribution is -2.51. The topological polar surface area (TPSA) is 65.6 Å². The summed E-state index contributed by atoms with van der Waals surface area (Å²) in [5, 5.41) is 0. The van der Waals surface area contributed by atoms with Crippen molar-refractivity contribution in [3.8, 4) is 5.75 Å². The lowest BCUT2D eigenvalue weighted by atomic mass is 10.1. The van der Waals surface area contributed by atoms with E-state index in [-0.39, 0.29) is 11.8 Å². The highest BCUT2D eigenvalue weighted by atomic mass is 16.5. The van der Waals surface area contributed by atoms with Crippen LogP contribution in [0.15, 0.2) is 42.7 Å². The van der Waals surface area contributed by atoms with Gasteiger partial charge in [-0.3, -0.25) is 9.59 Å². The van der Waals surface area contributed by atoms with E-state index in [1.807, 2.05) is 40.4 Å². The predicted molar refractivity (Wildman–Crippen MR) is 104 cm³/mol. The minimum Gasteiger partial charge on any atom is -0.493 e. The summed E-state index contributed by atoms with van der Waals surface area (Å²) in [6.45, 7) is 7.12. The molecule has 2 heterocycles. The van der Waals surface area contributed by atoms with Gasteiger partial charge in [-0.05, 0) is 41.8 Å². The van der Waals surface area contributed by atoms with Crippen LogP contribution in [0.4, 0.5) is 0 Å². The van der Waals surface area contributed by atoms with Gasteiger partial charge < -0.3 is 19.5 Å². The zero-order valence-corrected chi connectivity index (χ0v) is 16.0. The third kappa shape index (κ3) is 5.12. The average molecular weight is 369 g/mol. The van der Waals surface area contributed by atoms with E-state index in [0.29, 0.717) is 50.7 Å². The molecule has 1 aliphatic heterocycles. The Morgan fingerprint density at radius 2 is 1.70 bits per heavy atom. The highest BCUT2D eigenvalue weighted by Crippen LogP contribution is 2.16. The van der Waals surface area contributed by atoms with Crippen LogP contribution in [-0.4, -0.2) is 59.4 Å². The van der Waals surface area contributed by atoms with Crippen LogP contribution in [-0.2, 0) is 11.2 Å². The molecule has 1 aliphatic rings. The van der Waals surface area contributed by atoms with Gasteiger partial charge in [0, 0.05) is 44.1 Å². The molecule has 0 aliphatic carbocycles. The molecule has 144 valence electrons. The molecule has 2 aromatic rings. The number of piperazine rings is 1. The number of ether oxygens (including phenoxy) is 1. The van der Waals surface area contributed by atoms with Crippen molar-refractivity contribution in [3.63, 3.8) is 0 Å².